The van der Waals surface area contributed by atoms with Gasteiger partial charge in [0, 0.05) is 32.1 Å². The average molecular weight is 365 g/mol. The van der Waals surface area contributed by atoms with Gasteiger partial charge in [0.2, 0.25) is 5.91 Å². The Hall–Kier alpha value is -1.26. The van der Waals surface area contributed by atoms with Crippen molar-refractivity contribution in [2.45, 2.75) is 84.2 Å². The van der Waals surface area contributed by atoms with E-state index in [2.05, 4.69) is 4.90 Å². The molecule has 3 fully saturated rings. The lowest BCUT2D eigenvalue weighted by atomic mass is 9.71. The predicted molar refractivity (Wildman–Crippen MR) is 102 cm³/mol. The van der Waals surface area contributed by atoms with Gasteiger partial charge in [0.15, 0.2) is 0 Å². The molecule has 0 aromatic heterocycles. The topological polar surface area (TPSA) is 49.9 Å². The molecule has 26 heavy (non-hydrogen) atoms. The standard InChI is InChI=1S/C21H36N2O3/c1-20(2,3)26-19(25)23-15-11-21(12-16-23)9-13-22(14-10-21)18(24)17-7-5-4-6-8-17/h17H,4-16H2,1-3H3. The van der Waals surface area contributed by atoms with Gasteiger partial charge in [0.1, 0.15) is 5.60 Å². The van der Waals surface area contributed by atoms with Crippen LogP contribution in [0.25, 0.3) is 0 Å². The van der Waals surface area contributed by atoms with Crippen LogP contribution in [0.15, 0.2) is 0 Å². The monoisotopic (exact) mass is 364 g/mol. The van der Waals surface area contributed by atoms with Gasteiger partial charge < -0.3 is 14.5 Å². The first-order valence-corrected chi connectivity index (χ1v) is 10.5. The van der Waals surface area contributed by atoms with Crippen molar-refractivity contribution in [2.24, 2.45) is 11.3 Å². The van der Waals surface area contributed by atoms with Gasteiger partial charge in [-0.3, -0.25) is 4.79 Å². The van der Waals surface area contributed by atoms with E-state index in [-0.39, 0.29) is 12.0 Å². The fourth-order valence-electron chi connectivity index (χ4n) is 4.80. The van der Waals surface area contributed by atoms with E-state index in [1.54, 1.807) is 0 Å². The second kappa shape index (κ2) is 7.77. The van der Waals surface area contributed by atoms with Gasteiger partial charge >= 0.3 is 6.09 Å². The fraction of sp³-hybridized carbons (Fsp3) is 0.905. The summed E-state index contributed by atoms with van der Waals surface area (Å²) in [5.74, 6) is 0.692. The normalized spacial score (nSPS) is 24.6. The fourth-order valence-corrected chi connectivity index (χ4v) is 4.80. The number of amides is 2. The molecule has 0 unspecified atom stereocenters. The maximum Gasteiger partial charge on any atom is 0.410 e. The molecule has 1 saturated carbocycles. The number of hydrogen-bond acceptors (Lipinski definition) is 3. The molecule has 2 heterocycles. The zero-order chi connectivity index (χ0) is 18.8. The van der Waals surface area contributed by atoms with Crippen LogP contribution < -0.4 is 0 Å². The summed E-state index contributed by atoms with van der Waals surface area (Å²) in [4.78, 5) is 29.0. The van der Waals surface area contributed by atoms with Gasteiger partial charge in [-0.25, -0.2) is 4.79 Å². The molecule has 1 spiro atoms. The van der Waals surface area contributed by atoms with E-state index in [0.29, 0.717) is 11.3 Å². The Kier molecular flexibility index (Phi) is 5.83. The van der Waals surface area contributed by atoms with Crippen molar-refractivity contribution in [1.82, 2.24) is 9.80 Å². The third-order valence-electron chi connectivity index (χ3n) is 6.57. The van der Waals surface area contributed by atoms with Crippen LogP contribution in [0.2, 0.25) is 0 Å². The van der Waals surface area contributed by atoms with Crippen LogP contribution in [0, 0.1) is 11.3 Å². The third kappa shape index (κ3) is 4.72. The minimum atomic E-state index is -0.433. The van der Waals surface area contributed by atoms with Crippen molar-refractivity contribution in [3.05, 3.63) is 0 Å². The summed E-state index contributed by atoms with van der Waals surface area (Å²) < 4.78 is 5.50. The molecule has 3 aliphatic rings. The largest absolute Gasteiger partial charge is 0.444 e. The van der Waals surface area contributed by atoms with Gasteiger partial charge in [0.25, 0.3) is 0 Å². The van der Waals surface area contributed by atoms with Crippen LogP contribution in [0.4, 0.5) is 4.79 Å². The van der Waals surface area contributed by atoms with Gasteiger partial charge in [-0.15, -0.1) is 0 Å². The molecule has 0 aromatic rings. The lowest BCUT2D eigenvalue weighted by Crippen LogP contribution is -2.51. The molecule has 1 aliphatic carbocycles. The maximum absolute atomic E-state index is 12.8. The number of nitrogens with zero attached hydrogens (tertiary/aromatic N) is 2. The second-order valence-electron chi connectivity index (χ2n) is 9.63. The first-order chi connectivity index (χ1) is 12.3. The summed E-state index contributed by atoms with van der Waals surface area (Å²) in [6.45, 7) is 9.11. The van der Waals surface area contributed by atoms with Crippen LogP contribution in [-0.2, 0) is 9.53 Å². The summed E-state index contributed by atoms with van der Waals surface area (Å²) in [5, 5.41) is 0. The Morgan fingerprint density at radius 2 is 1.35 bits per heavy atom. The summed E-state index contributed by atoms with van der Waals surface area (Å²) in [5.41, 5.74) is -0.112. The predicted octanol–water partition coefficient (Wildman–Crippen LogP) is 4.21. The van der Waals surface area contributed by atoms with Gasteiger partial charge in [0.05, 0.1) is 0 Å². The first kappa shape index (κ1) is 19.5. The number of carbonyl (C=O) groups is 2. The second-order valence-corrected chi connectivity index (χ2v) is 9.63. The Labute approximate surface area is 158 Å². The molecular formula is C21H36N2O3. The Morgan fingerprint density at radius 1 is 0.846 bits per heavy atom. The molecule has 0 N–H and O–H groups in total. The van der Waals surface area contributed by atoms with E-state index in [9.17, 15) is 9.59 Å². The van der Waals surface area contributed by atoms with Crippen molar-refractivity contribution >= 4 is 12.0 Å². The van der Waals surface area contributed by atoms with E-state index in [4.69, 9.17) is 4.74 Å². The summed E-state index contributed by atoms with van der Waals surface area (Å²) >= 11 is 0. The highest BCUT2D eigenvalue weighted by Gasteiger charge is 2.41. The van der Waals surface area contributed by atoms with Crippen molar-refractivity contribution < 1.29 is 14.3 Å². The smallest absolute Gasteiger partial charge is 0.410 e. The minimum Gasteiger partial charge on any atom is -0.444 e. The SMILES string of the molecule is CC(C)(C)OC(=O)N1CCC2(CC1)CCN(C(=O)C1CCCCC1)CC2. The molecule has 0 aromatic carbocycles. The van der Waals surface area contributed by atoms with E-state index in [0.717, 1.165) is 64.7 Å². The zero-order valence-electron chi connectivity index (χ0n) is 16.9. The molecule has 5 nitrogen and oxygen atoms in total. The molecule has 0 bridgehead atoms. The van der Waals surface area contributed by atoms with Crippen molar-refractivity contribution in [3.63, 3.8) is 0 Å². The van der Waals surface area contributed by atoms with E-state index < -0.39 is 5.60 Å². The Bertz CT molecular complexity index is 502. The lowest BCUT2D eigenvalue weighted by molar-refractivity contribution is -0.139. The highest BCUT2D eigenvalue weighted by Crippen LogP contribution is 2.42. The number of hydrogen-bond donors (Lipinski definition) is 0. The van der Waals surface area contributed by atoms with Crippen LogP contribution in [0.1, 0.15) is 78.6 Å². The molecule has 0 atom stereocenters. The molecule has 2 amide bonds. The molecule has 3 rings (SSSR count). The van der Waals surface area contributed by atoms with Crippen LogP contribution in [0.3, 0.4) is 0 Å². The highest BCUT2D eigenvalue weighted by atomic mass is 16.6. The molecule has 2 saturated heterocycles. The summed E-state index contributed by atoms with van der Waals surface area (Å²) in [7, 11) is 0. The molecule has 0 radical (unpaired) electrons. The van der Waals surface area contributed by atoms with Crippen molar-refractivity contribution in [2.75, 3.05) is 26.2 Å². The minimum absolute atomic E-state index is 0.183. The maximum atomic E-state index is 12.8. The Balaban J connectivity index is 1.46. The van der Waals surface area contributed by atoms with E-state index in [1.165, 1.54) is 19.3 Å². The van der Waals surface area contributed by atoms with Crippen molar-refractivity contribution in [1.29, 1.82) is 0 Å². The van der Waals surface area contributed by atoms with Crippen LogP contribution in [0.5, 0.6) is 0 Å². The quantitative estimate of drug-likeness (QED) is 0.700. The number of likely N-dealkylation sites (tertiary alicyclic amines) is 2. The van der Waals surface area contributed by atoms with Crippen LogP contribution in [-0.4, -0.2) is 53.6 Å². The average Bonchev–Trinajstić information content (AvgIpc) is 2.62. The third-order valence-corrected chi connectivity index (χ3v) is 6.57. The number of ether oxygens (including phenoxy) is 1. The Morgan fingerprint density at radius 3 is 1.85 bits per heavy atom. The van der Waals surface area contributed by atoms with E-state index >= 15 is 0 Å². The zero-order valence-corrected chi connectivity index (χ0v) is 16.9. The first-order valence-electron chi connectivity index (χ1n) is 10.5. The van der Waals surface area contributed by atoms with Gasteiger partial charge in [-0.05, 0) is 64.7 Å². The van der Waals surface area contributed by atoms with Gasteiger partial charge in [-0.2, -0.15) is 0 Å². The van der Waals surface area contributed by atoms with Crippen LogP contribution >= 0.6 is 0 Å². The summed E-state index contributed by atoms with van der Waals surface area (Å²) in [6.07, 6.45) is 9.98. The number of piperidine rings is 2. The molecule has 2 aliphatic heterocycles. The number of rotatable bonds is 1. The molecule has 5 heteroatoms. The lowest BCUT2D eigenvalue weighted by Gasteiger charge is -2.47. The molecule has 148 valence electrons. The molecular weight excluding hydrogens is 328 g/mol. The summed E-state index contributed by atoms with van der Waals surface area (Å²) in [6, 6.07) is 0. The highest BCUT2D eigenvalue weighted by molar-refractivity contribution is 5.79. The van der Waals surface area contributed by atoms with Crippen molar-refractivity contribution in [3.8, 4) is 0 Å². The van der Waals surface area contributed by atoms with E-state index in [1.807, 2.05) is 25.7 Å². The van der Waals surface area contributed by atoms with Gasteiger partial charge in [-0.1, -0.05) is 19.3 Å². The number of carbonyl (C=O) groups excluding carboxylic acids is 2.